The number of carbonyl (C=O) groups is 1. The number of carbonyl (C=O) groups excluding carboxylic acids is 1. The third kappa shape index (κ3) is 2.78. The molecule has 0 bridgehead atoms. The van der Waals surface area contributed by atoms with Crippen LogP contribution in [0.1, 0.15) is 15.9 Å². The first-order valence-electron chi connectivity index (χ1n) is 6.58. The first-order chi connectivity index (χ1) is 10.6. The molecule has 0 saturated carbocycles. The fraction of sp³-hybridized carbons (Fsp3) is 0.0588. The van der Waals surface area contributed by atoms with Crippen molar-refractivity contribution in [1.82, 2.24) is 4.98 Å². The summed E-state index contributed by atoms with van der Waals surface area (Å²) in [5, 5.41) is 0.887. The predicted molar refractivity (Wildman–Crippen MR) is 93.3 cm³/mol. The van der Waals surface area contributed by atoms with Gasteiger partial charge in [0.15, 0.2) is 5.75 Å². The van der Waals surface area contributed by atoms with Gasteiger partial charge in [-0.3, -0.25) is 4.98 Å². The van der Waals surface area contributed by atoms with Gasteiger partial charge in [0.25, 0.3) is 0 Å². The monoisotopic (exact) mass is 419 g/mol. The highest BCUT2D eigenvalue weighted by Gasteiger charge is 2.17. The number of rotatable bonds is 2. The Morgan fingerprint density at radius 3 is 2.64 bits per heavy atom. The number of aryl methyl sites for hydroxylation is 1. The molecule has 0 spiro atoms. The van der Waals surface area contributed by atoms with Gasteiger partial charge in [-0.05, 0) is 46.6 Å². The topological polar surface area (TPSA) is 39.2 Å². The molecule has 0 fully saturated rings. The van der Waals surface area contributed by atoms with E-state index < -0.39 is 5.97 Å². The second-order valence-corrected chi connectivity index (χ2v) is 6.48. The van der Waals surface area contributed by atoms with Crippen molar-refractivity contribution in [2.75, 3.05) is 0 Å². The van der Waals surface area contributed by atoms with Crippen molar-refractivity contribution < 1.29 is 9.53 Å². The maximum atomic E-state index is 12.4. The average molecular weight is 421 g/mol. The van der Waals surface area contributed by atoms with E-state index in [0.29, 0.717) is 21.3 Å². The summed E-state index contributed by atoms with van der Waals surface area (Å²) in [5.41, 5.74) is 2.05. The molecule has 0 amide bonds. The van der Waals surface area contributed by atoms with E-state index in [9.17, 15) is 4.79 Å². The van der Waals surface area contributed by atoms with Crippen molar-refractivity contribution in [2.45, 2.75) is 6.92 Å². The number of esters is 1. The number of benzene rings is 2. The maximum Gasteiger partial charge on any atom is 0.343 e. The molecule has 3 nitrogen and oxygen atoms in total. The minimum atomic E-state index is -0.395. The Morgan fingerprint density at radius 1 is 1.09 bits per heavy atom. The van der Waals surface area contributed by atoms with E-state index in [2.05, 4.69) is 36.8 Å². The highest BCUT2D eigenvalue weighted by molar-refractivity contribution is 9.11. The minimum absolute atomic E-state index is 0.395. The summed E-state index contributed by atoms with van der Waals surface area (Å²) in [6, 6.07) is 12.9. The highest BCUT2D eigenvalue weighted by Crippen LogP contribution is 2.37. The van der Waals surface area contributed by atoms with Crippen LogP contribution in [0.5, 0.6) is 5.75 Å². The molecule has 0 aliphatic rings. The van der Waals surface area contributed by atoms with Crippen LogP contribution in [0.2, 0.25) is 0 Å². The zero-order valence-electron chi connectivity index (χ0n) is 11.6. The third-order valence-electron chi connectivity index (χ3n) is 3.31. The summed E-state index contributed by atoms with van der Waals surface area (Å²) in [7, 11) is 0. The summed E-state index contributed by atoms with van der Waals surface area (Å²) in [6.45, 7) is 1.88. The summed E-state index contributed by atoms with van der Waals surface area (Å²) < 4.78 is 7.17. The van der Waals surface area contributed by atoms with E-state index in [1.54, 1.807) is 12.3 Å². The van der Waals surface area contributed by atoms with E-state index in [-0.39, 0.29) is 0 Å². The fourth-order valence-corrected chi connectivity index (χ4v) is 3.55. The lowest BCUT2D eigenvalue weighted by Crippen LogP contribution is -2.11. The molecule has 1 heterocycles. The Morgan fingerprint density at radius 2 is 1.86 bits per heavy atom. The van der Waals surface area contributed by atoms with Crippen LogP contribution in [0, 0.1) is 6.92 Å². The van der Waals surface area contributed by atoms with Gasteiger partial charge in [0.05, 0.1) is 10.0 Å². The highest BCUT2D eigenvalue weighted by atomic mass is 79.9. The van der Waals surface area contributed by atoms with E-state index in [0.717, 1.165) is 15.4 Å². The molecule has 0 radical (unpaired) electrons. The van der Waals surface area contributed by atoms with Gasteiger partial charge in [-0.2, -0.15) is 0 Å². The molecule has 0 saturated heterocycles. The van der Waals surface area contributed by atoms with Gasteiger partial charge in [0.2, 0.25) is 0 Å². The van der Waals surface area contributed by atoms with Gasteiger partial charge in [-0.1, -0.05) is 40.2 Å². The van der Waals surface area contributed by atoms with Crippen molar-refractivity contribution >= 4 is 48.7 Å². The van der Waals surface area contributed by atoms with Gasteiger partial charge >= 0.3 is 5.97 Å². The summed E-state index contributed by atoms with van der Waals surface area (Å²) in [6.07, 6.45) is 1.67. The lowest BCUT2D eigenvalue weighted by atomic mass is 10.1. The van der Waals surface area contributed by atoms with Gasteiger partial charge in [0.1, 0.15) is 5.52 Å². The Bertz CT molecular complexity index is 878. The van der Waals surface area contributed by atoms with E-state index in [1.165, 1.54) is 0 Å². The first-order valence-corrected chi connectivity index (χ1v) is 8.17. The zero-order chi connectivity index (χ0) is 15.7. The number of fused-ring (bicyclic) bond motifs is 1. The van der Waals surface area contributed by atoms with Crippen LogP contribution < -0.4 is 4.74 Å². The molecule has 0 aliphatic carbocycles. The maximum absolute atomic E-state index is 12.4. The molecule has 22 heavy (non-hydrogen) atoms. The fourth-order valence-electron chi connectivity index (χ4n) is 2.19. The number of halogens is 2. The zero-order valence-corrected chi connectivity index (χ0v) is 14.8. The number of hydrogen-bond donors (Lipinski definition) is 0. The van der Waals surface area contributed by atoms with Crippen molar-refractivity contribution in [3.63, 3.8) is 0 Å². The molecular weight excluding hydrogens is 410 g/mol. The standard InChI is InChI=1S/C17H11Br2NO2/c1-10-5-2-3-6-11(10)17(21)22-16-14(19)9-13(18)12-7-4-8-20-15(12)16/h2-9H,1H3. The average Bonchev–Trinajstić information content (AvgIpc) is 2.51. The second-order valence-electron chi connectivity index (χ2n) is 4.77. The Kier molecular flexibility index (Phi) is 4.27. The largest absolute Gasteiger partial charge is 0.419 e. The molecule has 110 valence electrons. The molecule has 5 heteroatoms. The van der Waals surface area contributed by atoms with Crippen LogP contribution in [0.4, 0.5) is 0 Å². The lowest BCUT2D eigenvalue weighted by molar-refractivity contribution is 0.0735. The normalized spacial score (nSPS) is 10.7. The van der Waals surface area contributed by atoms with Crippen molar-refractivity contribution in [1.29, 1.82) is 0 Å². The molecule has 2 aromatic carbocycles. The molecule has 3 rings (SSSR count). The van der Waals surface area contributed by atoms with Crippen molar-refractivity contribution in [2.24, 2.45) is 0 Å². The lowest BCUT2D eigenvalue weighted by Gasteiger charge is -2.11. The van der Waals surface area contributed by atoms with E-state index in [1.807, 2.05) is 43.3 Å². The number of nitrogens with zero attached hydrogens (tertiary/aromatic N) is 1. The molecule has 0 N–H and O–H groups in total. The van der Waals surface area contributed by atoms with Crippen molar-refractivity contribution in [3.8, 4) is 5.75 Å². The molecule has 0 atom stereocenters. The number of hydrogen-bond acceptors (Lipinski definition) is 3. The Labute approximate surface area is 144 Å². The van der Waals surface area contributed by atoms with Crippen LogP contribution in [0.3, 0.4) is 0 Å². The van der Waals surface area contributed by atoms with Gasteiger partial charge in [-0.25, -0.2) is 4.79 Å². The van der Waals surface area contributed by atoms with Gasteiger partial charge < -0.3 is 4.74 Å². The minimum Gasteiger partial charge on any atom is -0.419 e. The SMILES string of the molecule is Cc1ccccc1C(=O)Oc1c(Br)cc(Br)c2cccnc12. The molecule has 0 unspecified atom stereocenters. The summed E-state index contributed by atoms with van der Waals surface area (Å²) in [5.74, 6) is 0.0279. The summed E-state index contributed by atoms with van der Waals surface area (Å²) >= 11 is 6.93. The second kappa shape index (κ2) is 6.18. The van der Waals surface area contributed by atoms with E-state index >= 15 is 0 Å². The quantitative estimate of drug-likeness (QED) is 0.417. The molecular formula is C17H11Br2NO2. The van der Waals surface area contributed by atoms with E-state index in [4.69, 9.17) is 4.74 Å². The van der Waals surface area contributed by atoms with Crippen LogP contribution in [-0.4, -0.2) is 11.0 Å². The number of ether oxygens (including phenoxy) is 1. The van der Waals surface area contributed by atoms with Crippen LogP contribution in [0.15, 0.2) is 57.6 Å². The predicted octanol–water partition coefficient (Wildman–Crippen LogP) is 5.29. The smallest absolute Gasteiger partial charge is 0.343 e. The van der Waals surface area contributed by atoms with Crippen molar-refractivity contribution in [3.05, 3.63) is 68.7 Å². The molecule has 1 aromatic heterocycles. The first kappa shape index (κ1) is 15.2. The molecule has 0 aliphatic heterocycles. The number of aromatic nitrogens is 1. The number of pyridine rings is 1. The Hall–Kier alpha value is -1.72. The third-order valence-corrected chi connectivity index (χ3v) is 4.56. The van der Waals surface area contributed by atoms with Crippen LogP contribution in [-0.2, 0) is 0 Å². The van der Waals surface area contributed by atoms with Gasteiger partial charge in [0, 0.05) is 16.1 Å². The Balaban J connectivity index is 2.08. The van der Waals surface area contributed by atoms with Gasteiger partial charge in [-0.15, -0.1) is 0 Å². The van der Waals surface area contributed by atoms with Crippen LogP contribution in [0.25, 0.3) is 10.9 Å². The van der Waals surface area contributed by atoms with Crippen LogP contribution >= 0.6 is 31.9 Å². The molecule has 3 aromatic rings. The summed E-state index contributed by atoms with van der Waals surface area (Å²) in [4.78, 5) is 16.8.